The van der Waals surface area contributed by atoms with E-state index >= 15 is 0 Å². The number of fused-ring (bicyclic) bond motifs is 1. The molecule has 1 aliphatic rings. The van der Waals surface area contributed by atoms with Gasteiger partial charge in [-0.3, -0.25) is 9.40 Å². The van der Waals surface area contributed by atoms with E-state index in [1.165, 1.54) is 0 Å². The Morgan fingerprint density at radius 2 is 2.00 bits per heavy atom. The van der Waals surface area contributed by atoms with Crippen molar-refractivity contribution in [3.05, 3.63) is 72.1 Å². The van der Waals surface area contributed by atoms with Crippen molar-refractivity contribution in [3.8, 4) is 5.75 Å². The summed E-state index contributed by atoms with van der Waals surface area (Å²) in [5.41, 5.74) is 2.50. The third-order valence-electron chi connectivity index (χ3n) is 4.08. The van der Waals surface area contributed by atoms with Crippen LogP contribution < -0.4 is 9.46 Å². The first-order chi connectivity index (χ1) is 12.1. The van der Waals surface area contributed by atoms with Crippen molar-refractivity contribution in [2.75, 3.05) is 11.3 Å². The number of benzene rings is 2. The van der Waals surface area contributed by atoms with Crippen LogP contribution in [0.5, 0.6) is 5.75 Å². The zero-order valence-corrected chi connectivity index (χ0v) is 14.2. The van der Waals surface area contributed by atoms with Crippen molar-refractivity contribution in [3.63, 3.8) is 0 Å². The van der Waals surface area contributed by atoms with Gasteiger partial charge >= 0.3 is 0 Å². The maximum Gasteiger partial charge on any atom is 0.261 e. The Hall–Kier alpha value is -2.80. The summed E-state index contributed by atoms with van der Waals surface area (Å²) in [6.45, 7) is 1.24. The number of rotatable bonds is 5. The van der Waals surface area contributed by atoms with Gasteiger partial charge in [0.05, 0.1) is 18.0 Å². The summed E-state index contributed by atoms with van der Waals surface area (Å²) in [4.78, 5) is 0.248. The quantitative estimate of drug-likeness (QED) is 0.764. The van der Waals surface area contributed by atoms with Crippen LogP contribution in [0.25, 0.3) is 0 Å². The molecule has 0 saturated carbocycles. The summed E-state index contributed by atoms with van der Waals surface area (Å²) < 4.78 is 35.0. The molecule has 128 valence electrons. The molecule has 1 N–H and O–H groups in total. The molecule has 0 atom stereocenters. The molecule has 0 amide bonds. The summed E-state index contributed by atoms with van der Waals surface area (Å²) in [5.74, 6) is 0.766. The number of aromatic nitrogens is 2. The molecule has 0 saturated heterocycles. The lowest BCUT2D eigenvalue weighted by Gasteiger charge is -2.10. The largest absolute Gasteiger partial charge is 0.493 e. The Bertz CT molecular complexity index is 981. The van der Waals surface area contributed by atoms with Crippen LogP contribution >= 0.6 is 0 Å². The molecule has 1 aliphatic heterocycles. The number of sulfonamides is 1. The van der Waals surface area contributed by atoms with Gasteiger partial charge in [0, 0.05) is 24.5 Å². The van der Waals surface area contributed by atoms with E-state index in [2.05, 4.69) is 9.82 Å². The number of anilines is 1. The van der Waals surface area contributed by atoms with Gasteiger partial charge < -0.3 is 4.74 Å². The Morgan fingerprint density at radius 3 is 2.76 bits per heavy atom. The van der Waals surface area contributed by atoms with E-state index in [0.717, 1.165) is 23.3 Å². The van der Waals surface area contributed by atoms with Crippen LogP contribution in [0.4, 0.5) is 5.69 Å². The lowest BCUT2D eigenvalue weighted by atomic mass is 10.2. The Labute approximate surface area is 146 Å². The molecule has 0 aliphatic carbocycles. The minimum absolute atomic E-state index is 0.248. The van der Waals surface area contributed by atoms with Gasteiger partial charge in [-0.2, -0.15) is 5.10 Å². The van der Waals surface area contributed by atoms with Crippen LogP contribution in [0.15, 0.2) is 65.8 Å². The maximum absolute atomic E-state index is 12.6. The van der Waals surface area contributed by atoms with Crippen molar-refractivity contribution in [2.24, 2.45) is 0 Å². The summed E-state index contributed by atoms with van der Waals surface area (Å²) in [6.07, 6.45) is 4.35. The van der Waals surface area contributed by atoms with Crippen molar-refractivity contribution < 1.29 is 13.2 Å². The molecule has 25 heavy (non-hydrogen) atoms. The van der Waals surface area contributed by atoms with Crippen molar-refractivity contribution in [1.82, 2.24) is 9.78 Å². The first kappa shape index (κ1) is 15.7. The van der Waals surface area contributed by atoms with E-state index in [9.17, 15) is 8.42 Å². The second-order valence-electron chi connectivity index (χ2n) is 5.87. The minimum Gasteiger partial charge on any atom is -0.493 e. The van der Waals surface area contributed by atoms with Crippen molar-refractivity contribution in [1.29, 1.82) is 0 Å². The SMILES string of the molecule is O=S(=O)(Nc1ccc(Cn2cccn2)cc1)c1ccc2c(c1)CCO2. The van der Waals surface area contributed by atoms with E-state index < -0.39 is 10.0 Å². The van der Waals surface area contributed by atoms with E-state index in [1.807, 2.05) is 29.1 Å². The molecule has 0 fully saturated rings. The first-order valence-corrected chi connectivity index (χ1v) is 9.43. The summed E-state index contributed by atoms with van der Waals surface area (Å²) in [6, 6.07) is 14.1. The molecule has 0 unspecified atom stereocenters. The predicted octanol–water partition coefficient (Wildman–Crippen LogP) is 2.67. The molecule has 3 aromatic rings. The number of nitrogens with one attached hydrogen (secondary N) is 1. The van der Waals surface area contributed by atoms with E-state index in [4.69, 9.17) is 4.74 Å². The van der Waals surface area contributed by atoms with Gasteiger partial charge in [0.15, 0.2) is 0 Å². The number of nitrogens with zero attached hydrogens (tertiary/aromatic N) is 2. The molecule has 4 rings (SSSR count). The van der Waals surface area contributed by atoms with Gasteiger partial charge in [-0.1, -0.05) is 12.1 Å². The number of hydrogen-bond donors (Lipinski definition) is 1. The fraction of sp³-hybridized carbons (Fsp3) is 0.167. The summed E-state index contributed by atoms with van der Waals surface area (Å²) in [5, 5.41) is 4.16. The van der Waals surface area contributed by atoms with E-state index in [-0.39, 0.29) is 4.90 Å². The molecule has 6 nitrogen and oxygen atoms in total. The Morgan fingerprint density at radius 1 is 1.16 bits per heavy atom. The molecular formula is C18H17N3O3S. The zero-order valence-electron chi connectivity index (χ0n) is 13.4. The van der Waals surface area contributed by atoms with E-state index in [0.29, 0.717) is 18.8 Å². The topological polar surface area (TPSA) is 73.2 Å². The molecule has 0 spiro atoms. The van der Waals surface area contributed by atoms with Crippen molar-refractivity contribution in [2.45, 2.75) is 17.9 Å². The highest BCUT2D eigenvalue weighted by Crippen LogP contribution is 2.28. The second kappa shape index (κ2) is 6.25. The second-order valence-corrected chi connectivity index (χ2v) is 7.56. The molecule has 1 aromatic heterocycles. The number of hydrogen-bond acceptors (Lipinski definition) is 4. The summed E-state index contributed by atoms with van der Waals surface area (Å²) >= 11 is 0. The van der Waals surface area contributed by atoms with Gasteiger partial charge in [0.25, 0.3) is 10.0 Å². The van der Waals surface area contributed by atoms with Gasteiger partial charge in [0.2, 0.25) is 0 Å². The average molecular weight is 355 g/mol. The molecular weight excluding hydrogens is 338 g/mol. The van der Waals surface area contributed by atoms with E-state index in [1.54, 1.807) is 36.5 Å². The Kier molecular flexibility index (Phi) is 3.93. The van der Waals surface area contributed by atoms with Gasteiger partial charge in [-0.05, 0) is 47.5 Å². The van der Waals surface area contributed by atoms with Crippen LogP contribution in [0.1, 0.15) is 11.1 Å². The smallest absolute Gasteiger partial charge is 0.261 e. The molecule has 2 aromatic carbocycles. The fourth-order valence-corrected chi connectivity index (χ4v) is 3.91. The van der Waals surface area contributed by atoms with Crippen LogP contribution in [0.3, 0.4) is 0 Å². The third kappa shape index (κ3) is 3.36. The third-order valence-corrected chi connectivity index (χ3v) is 5.46. The first-order valence-electron chi connectivity index (χ1n) is 7.95. The highest BCUT2D eigenvalue weighted by molar-refractivity contribution is 7.92. The lowest BCUT2D eigenvalue weighted by molar-refractivity contribution is 0.356. The molecule has 0 radical (unpaired) electrons. The lowest BCUT2D eigenvalue weighted by Crippen LogP contribution is -2.13. The summed E-state index contributed by atoms with van der Waals surface area (Å²) in [7, 11) is -3.62. The maximum atomic E-state index is 12.6. The normalized spacial score (nSPS) is 13.3. The van der Waals surface area contributed by atoms with Crippen LogP contribution in [-0.4, -0.2) is 24.8 Å². The highest BCUT2D eigenvalue weighted by atomic mass is 32.2. The Balaban J connectivity index is 1.50. The van der Waals surface area contributed by atoms with Crippen LogP contribution in [0.2, 0.25) is 0 Å². The van der Waals surface area contributed by atoms with Gasteiger partial charge in [0.1, 0.15) is 5.75 Å². The van der Waals surface area contributed by atoms with Gasteiger partial charge in [-0.15, -0.1) is 0 Å². The van der Waals surface area contributed by atoms with Gasteiger partial charge in [-0.25, -0.2) is 8.42 Å². The zero-order chi connectivity index (χ0) is 17.3. The predicted molar refractivity (Wildman–Crippen MR) is 94.2 cm³/mol. The molecule has 7 heteroatoms. The van der Waals surface area contributed by atoms with Crippen molar-refractivity contribution >= 4 is 15.7 Å². The standard InChI is InChI=1S/C18H17N3O3S/c22-25(23,17-6-7-18-15(12-17)8-11-24-18)20-16-4-2-14(3-5-16)13-21-10-1-9-19-21/h1-7,9-10,12,20H,8,11,13H2. The monoisotopic (exact) mass is 355 g/mol. The number of ether oxygens (including phenoxy) is 1. The van der Waals surface area contributed by atoms with Crippen LogP contribution in [-0.2, 0) is 23.0 Å². The minimum atomic E-state index is -3.62. The average Bonchev–Trinajstić information content (AvgIpc) is 3.27. The molecule has 2 heterocycles. The highest BCUT2D eigenvalue weighted by Gasteiger charge is 2.19. The van der Waals surface area contributed by atoms with Crippen LogP contribution in [0, 0.1) is 0 Å². The molecule has 0 bridgehead atoms. The fourth-order valence-electron chi connectivity index (χ4n) is 2.80.